The van der Waals surface area contributed by atoms with Crippen molar-refractivity contribution >= 4 is 0 Å². The van der Waals surface area contributed by atoms with Crippen LogP contribution in [0.5, 0.6) is 0 Å². The van der Waals surface area contributed by atoms with Crippen molar-refractivity contribution in [1.29, 1.82) is 0 Å². The van der Waals surface area contributed by atoms with Crippen molar-refractivity contribution in [2.75, 3.05) is 6.54 Å². The maximum Gasteiger partial charge on any atom is 0.210 e. The molecule has 1 unspecified atom stereocenters. The standard InChI is InChI=1S/C9H13NO4/c1-2-8(11)9-4-3-7(14-9)5-6-10(12)13/h3-4,8,11H,2,5-6H2,1H3. The number of rotatable bonds is 5. The van der Waals surface area contributed by atoms with E-state index in [-0.39, 0.29) is 13.0 Å². The van der Waals surface area contributed by atoms with E-state index in [1.54, 1.807) is 12.1 Å². The molecule has 1 N–H and O–H groups in total. The summed E-state index contributed by atoms with van der Waals surface area (Å²) in [6, 6.07) is 3.32. The van der Waals surface area contributed by atoms with E-state index in [0.29, 0.717) is 17.9 Å². The summed E-state index contributed by atoms with van der Waals surface area (Å²) in [6.45, 7) is 1.69. The fourth-order valence-corrected chi connectivity index (χ4v) is 1.11. The quantitative estimate of drug-likeness (QED) is 0.576. The molecule has 0 radical (unpaired) electrons. The summed E-state index contributed by atoms with van der Waals surface area (Å²) in [5.74, 6) is 1.02. The third-order valence-corrected chi connectivity index (χ3v) is 1.94. The Bertz CT molecular complexity index is 308. The minimum Gasteiger partial charge on any atom is -0.463 e. The minimum absolute atomic E-state index is 0.144. The van der Waals surface area contributed by atoms with E-state index < -0.39 is 11.0 Å². The first-order chi connectivity index (χ1) is 6.63. The molecule has 78 valence electrons. The molecule has 0 aliphatic heterocycles. The SMILES string of the molecule is CCC(O)c1ccc(CC[N+](=O)[O-])o1. The van der Waals surface area contributed by atoms with Crippen LogP contribution < -0.4 is 0 Å². The lowest BCUT2D eigenvalue weighted by molar-refractivity contribution is -0.479. The summed E-state index contributed by atoms with van der Waals surface area (Å²) in [5.41, 5.74) is 0. The average Bonchev–Trinajstić information content (AvgIpc) is 2.62. The molecule has 0 aliphatic rings. The van der Waals surface area contributed by atoms with Crippen LogP contribution in [-0.4, -0.2) is 16.6 Å². The van der Waals surface area contributed by atoms with Crippen molar-refractivity contribution < 1.29 is 14.4 Å². The fourth-order valence-electron chi connectivity index (χ4n) is 1.11. The largest absolute Gasteiger partial charge is 0.463 e. The van der Waals surface area contributed by atoms with Crippen molar-refractivity contribution in [3.05, 3.63) is 33.8 Å². The number of hydrogen-bond donors (Lipinski definition) is 1. The predicted molar refractivity (Wildman–Crippen MR) is 49.5 cm³/mol. The summed E-state index contributed by atoms with van der Waals surface area (Å²) >= 11 is 0. The van der Waals surface area contributed by atoms with Gasteiger partial charge in [-0.3, -0.25) is 10.1 Å². The fraction of sp³-hybridized carbons (Fsp3) is 0.556. The molecule has 1 aromatic heterocycles. The van der Waals surface area contributed by atoms with Gasteiger partial charge in [-0.2, -0.15) is 0 Å². The third kappa shape index (κ3) is 2.85. The lowest BCUT2D eigenvalue weighted by Crippen LogP contribution is -2.03. The van der Waals surface area contributed by atoms with Gasteiger partial charge >= 0.3 is 0 Å². The Balaban J connectivity index is 2.54. The first-order valence-electron chi connectivity index (χ1n) is 4.52. The summed E-state index contributed by atoms with van der Waals surface area (Å²) < 4.78 is 5.23. The Morgan fingerprint density at radius 3 is 2.93 bits per heavy atom. The van der Waals surface area contributed by atoms with Gasteiger partial charge in [0.15, 0.2) is 0 Å². The van der Waals surface area contributed by atoms with Crippen LogP contribution in [-0.2, 0) is 6.42 Å². The number of furan rings is 1. The van der Waals surface area contributed by atoms with E-state index in [4.69, 9.17) is 4.42 Å². The maximum absolute atomic E-state index is 10.1. The molecular weight excluding hydrogens is 186 g/mol. The molecule has 14 heavy (non-hydrogen) atoms. The Morgan fingerprint density at radius 2 is 2.36 bits per heavy atom. The molecule has 0 amide bonds. The van der Waals surface area contributed by atoms with Crippen LogP contribution in [0, 0.1) is 10.1 Å². The van der Waals surface area contributed by atoms with Crippen LogP contribution >= 0.6 is 0 Å². The molecule has 5 nitrogen and oxygen atoms in total. The van der Waals surface area contributed by atoms with Crippen LogP contribution in [0.1, 0.15) is 31.0 Å². The molecule has 0 aromatic carbocycles. The molecule has 0 saturated heterocycles. The number of aliphatic hydroxyl groups is 1. The van der Waals surface area contributed by atoms with Gasteiger partial charge in [0, 0.05) is 4.92 Å². The predicted octanol–water partition coefficient (Wildman–Crippen LogP) is 1.54. The Kier molecular flexibility index (Phi) is 3.64. The van der Waals surface area contributed by atoms with Crippen molar-refractivity contribution in [2.24, 2.45) is 0 Å². The minimum atomic E-state index is -0.612. The second-order valence-corrected chi connectivity index (χ2v) is 3.03. The van der Waals surface area contributed by atoms with Gasteiger partial charge < -0.3 is 9.52 Å². The van der Waals surface area contributed by atoms with E-state index in [2.05, 4.69) is 0 Å². The van der Waals surface area contributed by atoms with Crippen LogP contribution in [0.3, 0.4) is 0 Å². The lowest BCUT2D eigenvalue weighted by Gasteiger charge is -2.01. The Hall–Kier alpha value is -1.36. The van der Waals surface area contributed by atoms with Gasteiger partial charge in [0.2, 0.25) is 6.54 Å². The highest BCUT2D eigenvalue weighted by Gasteiger charge is 2.11. The zero-order chi connectivity index (χ0) is 10.6. The number of nitro groups is 1. The van der Waals surface area contributed by atoms with Crippen LogP contribution in [0.15, 0.2) is 16.5 Å². The summed E-state index contributed by atoms with van der Waals surface area (Å²) in [4.78, 5) is 9.69. The van der Waals surface area contributed by atoms with E-state index in [0.717, 1.165) is 0 Å². The first kappa shape index (κ1) is 10.7. The molecule has 1 aromatic rings. The zero-order valence-electron chi connectivity index (χ0n) is 7.97. The molecule has 1 heterocycles. The second kappa shape index (κ2) is 4.76. The molecule has 0 fully saturated rings. The van der Waals surface area contributed by atoms with Gasteiger partial charge in [0.25, 0.3) is 0 Å². The zero-order valence-corrected chi connectivity index (χ0v) is 7.97. The molecule has 0 spiro atoms. The van der Waals surface area contributed by atoms with Crippen molar-refractivity contribution in [3.8, 4) is 0 Å². The maximum atomic E-state index is 10.1. The molecule has 1 atom stereocenters. The monoisotopic (exact) mass is 199 g/mol. The third-order valence-electron chi connectivity index (χ3n) is 1.94. The van der Waals surface area contributed by atoms with Crippen molar-refractivity contribution in [2.45, 2.75) is 25.9 Å². The average molecular weight is 199 g/mol. The molecule has 5 heteroatoms. The highest BCUT2D eigenvalue weighted by molar-refractivity contribution is 5.09. The van der Waals surface area contributed by atoms with Gasteiger partial charge in [-0.05, 0) is 18.6 Å². The number of nitrogens with zero attached hydrogens (tertiary/aromatic N) is 1. The smallest absolute Gasteiger partial charge is 0.210 e. The van der Waals surface area contributed by atoms with E-state index in [1.165, 1.54) is 0 Å². The van der Waals surface area contributed by atoms with Gasteiger partial charge in [-0.1, -0.05) is 6.92 Å². The Morgan fingerprint density at radius 1 is 1.64 bits per heavy atom. The summed E-state index contributed by atoms with van der Waals surface area (Å²) in [5, 5.41) is 19.5. The first-order valence-corrected chi connectivity index (χ1v) is 4.52. The van der Waals surface area contributed by atoms with Crippen LogP contribution in [0.25, 0.3) is 0 Å². The van der Waals surface area contributed by atoms with E-state index in [1.807, 2.05) is 6.92 Å². The summed E-state index contributed by atoms with van der Waals surface area (Å²) in [6.07, 6.45) is 0.227. The Labute approximate surface area is 81.5 Å². The van der Waals surface area contributed by atoms with Crippen molar-refractivity contribution in [3.63, 3.8) is 0 Å². The highest BCUT2D eigenvalue weighted by atomic mass is 16.6. The topological polar surface area (TPSA) is 76.5 Å². The second-order valence-electron chi connectivity index (χ2n) is 3.03. The molecule has 0 saturated carbocycles. The van der Waals surface area contributed by atoms with Crippen LogP contribution in [0.4, 0.5) is 0 Å². The normalized spacial score (nSPS) is 12.7. The van der Waals surface area contributed by atoms with Gasteiger partial charge in [0.1, 0.15) is 17.6 Å². The van der Waals surface area contributed by atoms with E-state index in [9.17, 15) is 15.2 Å². The van der Waals surface area contributed by atoms with Gasteiger partial charge in [0.05, 0.1) is 6.42 Å². The van der Waals surface area contributed by atoms with Crippen molar-refractivity contribution in [1.82, 2.24) is 0 Å². The van der Waals surface area contributed by atoms with Crippen LogP contribution in [0.2, 0.25) is 0 Å². The summed E-state index contributed by atoms with van der Waals surface area (Å²) in [7, 11) is 0. The van der Waals surface area contributed by atoms with Gasteiger partial charge in [-0.15, -0.1) is 0 Å². The molecular formula is C9H13NO4. The molecule has 1 rings (SSSR count). The lowest BCUT2D eigenvalue weighted by atomic mass is 10.2. The van der Waals surface area contributed by atoms with E-state index >= 15 is 0 Å². The highest BCUT2D eigenvalue weighted by Crippen LogP contribution is 2.19. The number of aliphatic hydroxyl groups excluding tert-OH is 1. The van der Waals surface area contributed by atoms with Gasteiger partial charge in [-0.25, -0.2) is 0 Å². The molecule has 0 aliphatic carbocycles. The molecule has 0 bridgehead atoms. The number of hydrogen-bond acceptors (Lipinski definition) is 4.